The number of aryl methyl sites for hydroxylation is 1. The lowest BCUT2D eigenvalue weighted by Crippen LogP contribution is -2.32. The highest BCUT2D eigenvalue weighted by Gasteiger charge is 2.04. The largest absolute Gasteiger partial charge is 0.396 e. The van der Waals surface area contributed by atoms with Gasteiger partial charge >= 0.3 is 0 Å². The van der Waals surface area contributed by atoms with E-state index in [0.717, 1.165) is 4.47 Å². The van der Waals surface area contributed by atoms with Gasteiger partial charge in [0.2, 0.25) is 0 Å². The Morgan fingerprint density at radius 3 is 3.00 bits per heavy atom. The zero-order valence-corrected chi connectivity index (χ0v) is 11.8. The fraction of sp³-hybridized carbons (Fsp3) is 0.400. The lowest BCUT2D eigenvalue weighted by Gasteiger charge is -2.10. The minimum atomic E-state index is -0.153. The fourth-order valence-corrected chi connectivity index (χ4v) is 1.96. The van der Waals surface area contributed by atoms with Gasteiger partial charge in [0.25, 0.3) is 5.56 Å². The van der Waals surface area contributed by atoms with Crippen LogP contribution in [0.1, 0.15) is 6.42 Å². The number of rotatable bonds is 4. The molecule has 0 fully saturated rings. The standard InChI is InChI=1S/C10H14BrN3O2S/c1-14-6-7(11)5-8(9(14)16)13-10(17)12-3-2-4-15/h5-6,15H,2-4H2,1H3,(H2,12,13,17). The second kappa shape index (κ2) is 6.73. The predicted molar refractivity (Wildman–Crippen MR) is 75.3 cm³/mol. The quantitative estimate of drug-likeness (QED) is 0.566. The van der Waals surface area contributed by atoms with Gasteiger partial charge in [0.15, 0.2) is 5.11 Å². The maximum atomic E-state index is 11.7. The highest BCUT2D eigenvalue weighted by atomic mass is 79.9. The van der Waals surface area contributed by atoms with Crippen molar-refractivity contribution in [2.75, 3.05) is 18.5 Å². The fourth-order valence-electron chi connectivity index (χ4n) is 1.21. The van der Waals surface area contributed by atoms with Crippen molar-refractivity contribution in [3.05, 3.63) is 27.1 Å². The van der Waals surface area contributed by atoms with Gasteiger partial charge in [-0.05, 0) is 40.6 Å². The minimum absolute atomic E-state index is 0.105. The van der Waals surface area contributed by atoms with Crippen molar-refractivity contribution >= 4 is 38.9 Å². The van der Waals surface area contributed by atoms with Crippen LogP contribution in [-0.4, -0.2) is 27.9 Å². The van der Waals surface area contributed by atoms with E-state index in [1.54, 1.807) is 19.3 Å². The Balaban J connectivity index is 2.68. The smallest absolute Gasteiger partial charge is 0.274 e. The number of aliphatic hydroxyl groups is 1. The van der Waals surface area contributed by atoms with Crippen molar-refractivity contribution in [1.29, 1.82) is 0 Å². The van der Waals surface area contributed by atoms with E-state index in [1.807, 2.05) is 0 Å². The zero-order valence-electron chi connectivity index (χ0n) is 9.36. The Bertz CT molecular complexity index is 461. The third kappa shape index (κ3) is 4.45. The van der Waals surface area contributed by atoms with Crippen LogP contribution in [0.2, 0.25) is 0 Å². The van der Waals surface area contributed by atoms with Crippen LogP contribution in [0, 0.1) is 0 Å². The van der Waals surface area contributed by atoms with Crippen LogP contribution in [0.3, 0.4) is 0 Å². The molecule has 7 heteroatoms. The van der Waals surface area contributed by atoms with E-state index in [-0.39, 0.29) is 12.2 Å². The molecule has 1 aromatic rings. The first-order valence-corrected chi connectivity index (χ1v) is 6.26. The van der Waals surface area contributed by atoms with Crippen LogP contribution >= 0.6 is 28.1 Å². The summed E-state index contributed by atoms with van der Waals surface area (Å²) < 4.78 is 2.25. The van der Waals surface area contributed by atoms with Gasteiger partial charge in [-0.15, -0.1) is 0 Å². The molecule has 1 rings (SSSR count). The predicted octanol–water partition coefficient (Wildman–Crippen LogP) is 0.817. The minimum Gasteiger partial charge on any atom is -0.396 e. The zero-order chi connectivity index (χ0) is 12.8. The molecule has 0 aliphatic rings. The Morgan fingerprint density at radius 1 is 1.65 bits per heavy atom. The van der Waals surface area contributed by atoms with Gasteiger partial charge in [0, 0.05) is 30.9 Å². The topological polar surface area (TPSA) is 66.3 Å². The number of thiocarbonyl (C=S) groups is 1. The highest BCUT2D eigenvalue weighted by Crippen LogP contribution is 2.11. The van der Waals surface area contributed by atoms with Crippen LogP contribution in [0.5, 0.6) is 0 Å². The van der Waals surface area contributed by atoms with E-state index < -0.39 is 0 Å². The van der Waals surface area contributed by atoms with Crippen molar-refractivity contribution in [2.24, 2.45) is 7.05 Å². The third-order valence-electron chi connectivity index (χ3n) is 2.02. The number of halogens is 1. The lowest BCUT2D eigenvalue weighted by atomic mass is 10.4. The Hall–Kier alpha value is -0.920. The molecular weight excluding hydrogens is 306 g/mol. The molecule has 0 radical (unpaired) electrons. The number of aliphatic hydroxyl groups excluding tert-OH is 1. The highest BCUT2D eigenvalue weighted by molar-refractivity contribution is 9.10. The van der Waals surface area contributed by atoms with Crippen LogP contribution < -0.4 is 16.2 Å². The van der Waals surface area contributed by atoms with Gasteiger partial charge in [-0.3, -0.25) is 4.79 Å². The maximum absolute atomic E-state index is 11.7. The molecule has 0 saturated heterocycles. The average molecular weight is 320 g/mol. The molecule has 3 N–H and O–H groups in total. The van der Waals surface area contributed by atoms with Crippen molar-refractivity contribution in [3.8, 4) is 0 Å². The second-order valence-corrected chi connectivity index (χ2v) is 4.77. The first-order chi connectivity index (χ1) is 8.04. The van der Waals surface area contributed by atoms with Gasteiger partial charge < -0.3 is 20.3 Å². The van der Waals surface area contributed by atoms with Gasteiger partial charge in [-0.25, -0.2) is 0 Å². The molecule has 0 unspecified atom stereocenters. The van der Waals surface area contributed by atoms with Crippen LogP contribution in [0.15, 0.2) is 21.5 Å². The number of anilines is 1. The van der Waals surface area contributed by atoms with Gasteiger partial charge in [0.05, 0.1) is 0 Å². The molecule has 17 heavy (non-hydrogen) atoms. The van der Waals surface area contributed by atoms with Crippen LogP contribution in [0.25, 0.3) is 0 Å². The molecule has 94 valence electrons. The van der Waals surface area contributed by atoms with Crippen molar-refractivity contribution in [1.82, 2.24) is 9.88 Å². The van der Waals surface area contributed by atoms with Crippen molar-refractivity contribution in [2.45, 2.75) is 6.42 Å². The average Bonchev–Trinajstić information content (AvgIpc) is 2.25. The van der Waals surface area contributed by atoms with Gasteiger partial charge in [0.1, 0.15) is 5.69 Å². The third-order valence-corrected chi connectivity index (χ3v) is 2.70. The van der Waals surface area contributed by atoms with E-state index in [1.165, 1.54) is 4.57 Å². The normalized spacial score (nSPS) is 10.1. The molecule has 0 aliphatic heterocycles. The summed E-state index contributed by atoms with van der Waals surface area (Å²) in [5.41, 5.74) is 0.253. The van der Waals surface area contributed by atoms with E-state index >= 15 is 0 Å². The van der Waals surface area contributed by atoms with Crippen molar-refractivity contribution in [3.63, 3.8) is 0 Å². The Kier molecular flexibility index (Phi) is 5.60. The number of pyridine rings is 1. The summed E-state index contributed by atoms with van der Waals surface area (Å²) in [5.74, 6) is 0. The SMILES string of the molecule is Cn1cc(Br)cc(NC(=S)NCCCO)c1=O. The summed E-state index contributed by atoms with van der Waals surface area (Å²) in [6.07, 6.45) is 2.29. The molecule has 1 heterocycles. The number of hydrogen-bond acceptors (Lipinski definition) is 3. The monoisotopic (exact) mass is 319 g/mol. The first kappa shape index (κ1) is 14.1. The summed E-state index contributed by atoms with van der Waals surface area (Å²) in [4.78, 5) is 11.7. The number of nitrogens with one attached hydrogen (secondary N) is 2. The molecule has 0 aliphatic carbocycles. The number of aromatic nitrogens is 1. The number of hydrogen-bond donors (Lipinski definition) is 3. The van der Waals surface area contributed by atoms with E-state index in [0.29, 0.717) is 23.8 Å². The number of nitrogens with zero attached hydrogens (tertiary/aromatic N) is 1. The molecule has 0 atom stereocenters. The van der Waals surface area contributed by atoms with Crippen molar-refractivity contribution < 1.29 is 5.11 Å². The molecule has 5 nitrogen and oxygen atoms in total. The van der Waals surface area contributed by atoms with E-state index in [2.05, 4.69) is 26.6 Å². The van der Waals surface area contributed by atoms with Gasteiger partial charge in [-0.1, -0.05) is 0 Å². The Labute approximate surface area is 113 Å². The van der Waals surface area contributed by atoms with E-state index in [4.69, 9.17) is 17.3 Å². The second-order valence-electron chi connectivity index (χ2n) is 3.45. The molecular formula is C10H14BrN3O2S. The van der Waals surface area contributed by atoms with Crippen LogP contribution in [-0.2, 0) is 7.05 Å². The first-order valence-electron chi connectivity index (χ1n) is 5.06. The van der Waals surface area contributed by atoms with Gasteiger partial charge in [-0.2, -0.15) is 0 Å². The Morgan fingerprint density at radius 2 is 2.35 bits per heavy atom. The summed E-state index contributed by atoms with van der Waals surface area (Å²) in [7, 11) is 1.67. The summed E-state index contributed by atoms with van der Waals surface area (Å²) in [6.45, 7) is 0.672. The lowest BCUT2D eigenvalue weighted by molar-refractivity contribution is 0.289. The molecule has 0 aromatic carbocycles. The molecule has 0 bridgehead atoms. The maximum Gasteiger partial charge on any atom is 0.274 e. The molecule has 1 aromatic heterocycles. The summed E-state index contributed by atoms with van der Waals surface area (Å²) in [6, 6.07) is 1.67. The molecule has 0 spiro atoms. The molecule has 0 amide bonds. The van der Waals surface area contributed by atoms with E-state index in [9.17, 15) is 4.79 Å². The summed E-state index contributed by atoms with van der Waals surface area (Å²) >= 11 is 8.33. The van der Waals surface area contributed by atoms with Crippen LogP contribution in [0.4, 0.5) is 5.69 Å². The summed E-state index contributed by atoms with van der Waals surface area (Å²) in [5, 5.41) is 14.7. The molecule has 0 saturated carbocycles.